The highest BCUT2D eigenvalue weighted by molar-refractivity contribution is 6.30. The molecule has 0 aliphatic heterocycles. The van der Waals surface area contributed by atoms with Crippen LogP contribution in [0.4, 0.5) is 0 Å². The second-order valence-corrected chi connectivity index (χ2v) is 6.06. The summed E-state index contributed by atoms with van der Waals surface area (Å²) in [5.41, 5.74) is 6.67. The molecule has 1 aromatic carbocycles. The summed E-state index contributed by atoms with van der Waals surface area (Å²) in [6.07, 6.45) is 0. The fourth-order valence-corrected chi connectivity index (χ4v) is 1.66. The number of carbonyl (C=O) groups is 1. The molecular weight excluding hydrogens is 283 g/mol. The molecule has 0 spiro atoms. The third kappa shape index (κ3) is 5.39. The molecule has 0 saturated heterocycles. The molecule has 0 heterocycles. The summed E-state index contributed by atoms with van der Waals surface area (Å²) in [6, 6.07) is 6.81. The Morgan fingerprint density at radius 2 is 1.74 bits per heavy atom. The van der Waals surface area contributed by atoms with Crippen LogP contribution in [0.1, 0.15) is 39.3 Å². The Hall–Kier alpha value is -0.770. The minimum absolute atomic E-state index is 0. The molecule has 5 heteroatoms. The van der Waals surface area contributed by atoms with Crippen LogP contribution in [-0.2, 0) is 4.79 Å². The number of nitrogens with two attached hydrogens (primary N) is 1. The number of benzene rings is 1. The number of halogens is 2. The van der Waals surface area contributed by atoms with Gasteiger partial charge in [-0.25, -0.2) is 0 Å². The van der Waals surface area contributed by atoms with Crippen LogP contribution in [-0.4, -0.2) is 11.9 Å². The van der Waals surface area contributed by atoms with Crippen LogP contribution in [0.25, 0.3) is 0 Å². The van der Waals surface area contributed by atoms with Crippen LogP contribution in [0.5, 0.6) is 0 Å². The highest BCUT2D eigenvalue weighted by Crippen LogP contribution is 2.20. The zero-order chi connectivity index (χ0) is 13.9. The largest absolute Gasteiger partial charge is 0.348 e. The predicted molar refractivity (Wildman–Crippen MR) is 82.7 cm³/mol. The maximum atomic E-state index is 12.0. The molecule has 19 heavy (non-hydrogen) atoms. The number of rotatable bonds is 3. The fourth-order valence-electron chi connectivity index (χ4n) is 1.53. The SMILES string of the molecule is CC(NC(=O)[C@@H](N)C(C)(C)C)c1ccc(Cl)cc1.Cl. The van der Waals surface area contributed by atoms with E-state index in [-0.39, 0.29) is 29.8 Å². The van der Waals surface area contributed by atoms with Crippen molar-refractivity contribution in [3.05, 3.63) is 34.9 Å². The van der Waals surface area contributed by atoms with Gasteiger partial charge in [-0.3, -0.25) is 4.79 Å². The molecule has 0 bridgehead atoms. The van der Waals surface area contributed by atoms with E-state index in [1.54, 1.807) is 0 Å². The lowest BCUT2D eigenvalue weighted by atomic mass is 9.86. The van der Waals surface area contributed by atoms with Gasteiger partial charge in [-0.2, -0.15) is 0 Å². The molecule has 0 radical (unpaired) electrons. The van der Waals surface area contributed by atoms with Gasteiger partial charge in [0, 0.05) is 5.02 Å². The molecule has 0 aromatic heterocycles. The Labute approximate surface area is 126 Å². The van der Waals surface area contributed by atoms with Crippen LogP contribution in [0.15, 0.2) is 24.3 Å². The van der Waals surface area contributed by atoms with Gasteiger partial charge >= 0.3 is 0 Å². The van der Waals surface area contributed by atoms with E-state index in [1.165, 1.54) is 0 Å². The lowest BCUT2D eigenvalue weighted by molar-refractivity contribution is -0.125. The molecule has 0 aliphatic carbocycles. The first-order chi connectivity index (χ1) is 8.21. The van der Waals surface area contributed by atoms with E-state index in [0.717, 1.165) is 5.56 Å². The van der Waals surface area contributed by atoms with E-state index in [9.17, 15) is 4.79 Å². The van der Waals surface area contributed by atoms with Crippen molar-refractivity contribution in [2.75, 3.05) is 0 Å². The van der Waals surface area contributed by atoms with Crippen molar-refractivity contribution in [1.82, 2.24) is 5.32 Å². The van der Waals surface area contributed by atoms with Crippen LogP contribution in [0.2, 0.25) is 5.02 Å². The Morgan fingerprint density at radius 3 is 2.16 bits per heavy atom. The van der Waals surface area contributed by atoms with E-state index < -0.39 is 6.04 Å². The van der Waals surface area contributed by atoms with Crippen molar-refractivity contribution in [3.8, 4) is 0 Å². The Balaban J connectivity index is 0.00000324. The summed E-state index contributed by atoms with van der Waals surface area (Å²) in [5, 5.41) is 3.60. The summed E-state index contributed by atoms with van der Waals surface area (Å²) in [5.74, 6) is -0.134. The van der Waals surface area contributed by atoms with E-state index >= 15 is 0 Å². The first-order valence-electron chi connectivity index (χ1n) is 6.03. The number of amides is 1. The van der Waals surface area contributed by atoms with Gasteiger partial charge in [-0.1, -0.05) is 44.5 Å². The van der Waals surface area contributed by atoms with Gasteiger partial charge < -0.3 is 11.1 Å². The third-order valence-electron chi connectivity index (χ3n) is 2.94. The summed E-state index contributed by atoms with van der Waals surface area (Å²) in [6.45, 7) is 7.77. The van der Waals surface area contributed by atoms with Crippen molar-refractivity contribution in [2.45, 2.75) is 39.8 Å². The highest BCUT2D eigenvalue weighted by atomic mass is 35.5. The minimum atomic E-state index is -0.521. The Kier molecular flexibility index (Phi) is 6.84. The average molecular weight is 305 g/mol. The highest BCUT2D eigenvalue weighted by Gasteiger charge is 2.28. The molecule has 2 atom stereocenters. The monoisotopic (exact) mass is 304 g/mol. The molecule has 3 N–H and O–H groups in total. The second-order valence-electron chi connectivity index (χ2n) is 5.63. The molecule has 3 nitrogen and oxygen atoms in total. The van der Waals surface area contributed by atoms with E-state index in [4.69, 9.17) is 17.3 Å². The first kappa shape index (κ1) is 18.2. The lowest BCUT2D eigenvalue weighted by Crippen LogP contribution is -2.49. The van der Waals surface area contributed by atoms with Crippen LogP contribution in [0, 0.1) is 5.41 Å². The van der Waals surface area contributed by atoms with Crippen LogP contribution >= 0.6 is 24.0 Å². The summed E-state index contributed by atoms with van der Waals surface area (Å²) in [4.78, 5) is 12.0. The molecule has 1 rings (SSSR count). The molecule has 1 aromatic rings. The Bertz CT molecular complexity index is 412. The van der Waals surface area contributed by atoms with Crippen molar-refractivity contribution in [1.29, 1.82) is 0 Å². The first-order valence-corrected chi connectivity index (χ1v) is 6.41. The molecule has 0 fully saturated rings. The van der Waals surface area contributed by atoms with E-state index in [0.29, 0.717) is 5.02 Å². The number of hydrogen-bond acceptors (Lipinski definition) is 2. The fraction of sp³-hybridized carbons (Fsp3) is 0.500. The smallest absolute Gasteiger partial charge is 0.237 e. The number of nitrogens with one attached hydrogen (secondary N) is 1. The Morgan fingerprint density at radius 1 is 1.26 bits per heavy atom. The van der Waals surface area contributed by atoms with E-state index in [1.807, 2.05) is 52.0 Å². The minimum Gasteiger partial charge on any atom is -0.348 e. The van der Waals surface area contributed by atoms with E-state index in [2.05, 4.69) is 5.32 Å². The van der Waals surface area contributed by atoms with Crippen molar-refractivity contribution < 1.29 is 4.79 Å². The maximum absolute atomic E-state index is 12.0. The molecular formula is C14H22Cl2N2O. The number of hydrogen-bond donors (Lipinski definition) is 2. The van der Waals surface area contributed by atoms with Gasteiger partial charge in [0.15, 0.2) is 0 Å². The van der Waals surface area contributed by atoms with Crippen molar-refractivity contribution >= 4 is 29.9 Å². The van der Waals surface area contributed by atoms with Crippen molar-refractivity contribution in [2.24, 2.45) is 11.1 Å². The molecule has 108 valence electrons. The second kappa shape index (κ2) is 7.13. The van der Waals surface area contributed by atoms with Crippen LogP contribution in [0.3, 0.4) is 0 Å². The summed E-state index contributed by atoms with van der Waals surface area (Å²) < 4.78 is 0. The van der Waals surface area contributed by atoms with Gasteiger partial charge in [0.05, 0.1) is 12.1 Å². The third-order valence-corrected chi connectivity index (χ3v) is 3.20. The molecule has 1 unspecified atom stereocenters. The predicted octanol–water partition coefficient (Wildman–Crippen LogP) is 3.31. The zero-order valence-electron chi connectivity index (χ0n) is 11.7. The van der Waals surface area contributed by atoms with Gasteiger partial charge in [-0.05, 0) is 30.0 Å². The van der Waals surface area contributed by atoms with Gasteiger partial charge in [0.25, 0.3) is 0 Å². The standard InChI is InChI=1S/C14H21ClN2O.ClH/c1-9(10-5-7-11(15)8-6-10)17-13(18)12(16)14(2,3)4;/h5-9,12H,16H2,1-4H3,(H,17,18);1H/t9?,12-;/m1./s1. The van der Waals surface area contributed by atoms with Gasteiger partial charge in [0.2, 0.25) is 5.91 Å². The summed E-state index contributed by atoms with van der Waals surface area (Å²) in [7, 11) is 0. The average Bonchev–Trinajstić information content (AvgIpc) is 2.27. The van der Waals surface area contributed by atoms with Gasteiger partial charge in [-0.15, -0.1) is 12.4 Å². The molecule has 0 aliphatic rings. The number of carbonyl (C=O) groups excluding carboxylic acids is 1. The maximum Gasteiger partial charge on any atom is 0.237 e. The summed E-state index contributed by atoms with van der Waals surface area (Å²) >= 11 is 5.83. The normalized spacial score (nSPS) is 14.2. The topological polar surface area (TPSA) is 55.1 Å². The molecule has 1 amide bonds. The van der Waals surface area contributed by atoms with Crippen molar-refractivity contribution in [3.63, 3.8) is 0 Å². The van der Waals surface area contributed by atoms with Gasteiger partial charge in [0.1, 0.15) is 0 Å². The van der Waals surface area contributed by atoms with Crippen LogP contribution < -0.4 is 11.1 Å². The quantitative estimate of drug-likeness (QED) is 0.900. The lowest BCUT2D eigenvalue weighted by Gasteiger charge is -2.27. The molecule has 0 saturated carbocycles. The zero-order valence-corrected chi connectivity index (χ0v) is 13.3.